The maximum Gasteiger partial charge on any atom is 0.293 e. The van der Waals surface area contributed by atoms with Crippen molar-refractivity contribution in [3.8, 4) is 0 Å². The number of oxazole rings is 1. The molecule has 0 unspecified atom stereocenters. The van der Waals surface area contributed by atoms with Crippen LogP contribution in [0, 0.1) is 12.8 Å². The van der Waals surface area contributed by atoms with E-state index >= 15 is 0 Å². The second kappa shape index (κ2) is 7.70. The van der Waals surface area contributed by atoms with Crippen LogP contribution in [0.4, 0.5) is 11.4 Å². The predicted octanol–water partition coefficient (Wildman–Crippen LogP) is 3.01. The number of carbonyl (C=O) groups excluding carboxylic acids is 1. The largest absolute Gasteiger partial charge is 0.438 e. The van der Waals surface area contributed by atoms with Crippen LogP contribution in [-0.4, -0.2) is 49.5 Å². The number of amides is 1. The summed E-state index contributed by atoms with van der Waals surface area (Å²) in [6, 6.07) is 8.00. The highest BCUT2D eigenvalue weighted by molar-refractivity contribution is 6.02. The highest BCUT2D eigenvalue weighted by Gasteiger charge is 2.20. The Morgan fingerprint density at radius 1 is 1.28 bits per heavy atom. The average molecular weight is 342 g/mol. The van der Waals surface area contributed by atoms with Crippen LogP contribution in [0.25, 0.3) is 0 Å². The Labute approximate surface area is 148 Å². The summed E-state index contributed by atoms with van der Waals surface area (Å²) in [7, 11) is 4.28. The van der Waals surface area contributed by atoms with Crippen molar-refractivity contribution in [2.24, 2.45) is 5.92 Å². The molecule has 1 aromatic heterocycles. The number of hydrogen-bond acceptors (Lipinski definition) is 5. The first-order valence-corrected chi connectivity index (χ1v) is 8.74. The zero-order chi connectivity index (χ0) is 17.8. The third-order valence-corrected chi connectivity index (χ3v) is 4.68. The molecular weight excluding hydrogens is 316 g/mol. The Balaban J connectivity index is 1.56. The molecule has 1 N–H and O–H groups in total. The maximum absolute atomic E-state index is 12.1. The molecule has 6 nitrogen and oxygen atoms in total. The molecule has 1 aromatic carbocycles. The third-order valence-electron chi connectivity index (χ3n) is 4.68. The van der Waals surface area contributed by atoms with Crippen LogP contribution in [0.1, 0.15) is 29.1 Å². The lowest BCUT2D eigenvalue weighted by Crippen LogP contribution is -2.37. The lowest BCUT2D eigenvalue weighted by Gasteiger charge is -2.34. The summed E-state index contributed by atoms with van der Waals surface area (Å²) in [6.07, 6.45) is 3.73. The van der Waals surface area contributed by atoms with Crippen molar-refractivity contribution in [2.45, 2.75) is 19.8 Å². The quantitative estimate of drug-likeness (QED) is 0.905. The topological polar surface area (TPSA) is 61.6 Å². The molecule has 1 amide bonds. The summed E-state index contributed by atoms with van der Waals surface area (Å²) in [4.78, 5) is 20.8. The van der Waals surface area contributed by atoms with E-state index in [-0.39, 0.29) is 11.7 Å². The van der Waals surface area contributed by atoms with Crippen molar-refractivity contribution >= 4 is 17.3 Å². The molecule has 3 rings (SSSR count). The molecule has 0 radical (unpaired) electrons. The fraction of sp³-hybridized carbons (Fsp3) is 0.474. The minimum absolute atomic E-state index is 0.257. The van der Waals surface area contributed by atoms with E-state index in [0.717, 1.165) is 24.7 Å². The van der Waals surface area contributed by atoms with Crippen molar-refractivity contribution < 1.29 is 9.21 Å². The van der Waals surface area contributed by atoms with E-state index in [9.17, 15) is 4.79 Å². The van der Waals surface area contributed by atoms with E-state index in [0.29, 0.717) is 5.69 Å². The molecule has 1 aliphatic rings. The van der Waals surface area contributed by atoms with Crippen LogP contribution >= 0.6 is 0 Å². The van der Waals surface area contributed by atoms with Crippen molar-refractivity contribution in [3.05, 3.63) is 42.1 Å². The van der Waals surface area contributed by atoms with Crippen LogP contribution in [-0.2, 0) is 0 Å². The summed E-state index contributed by atoms with van der Waals surface area (Å²) in [5.41, 5.74) is 2.55. The number of carbonyl (C=O) groups is 1. The molecule has 1 saturated heterocycles. The van der Waals surface area contributed by atoms with Crippen LogP contribution in [0.5, 0.6) is 0 Å². The Bertz CT molecular complexity index is 700. The van der Waals surface area contributed by atoms with Crippen LogP contribution in [0.15, 0.2) is 35.1 Å². The highest BCUT2D eigenvalue weighted by Crippen LogP contribution is 2.25. The molecular formula is C19H26N4O2. The van der Waals surface area contributed by atoms with E-state index in [2.05, 4.69) is 46.3 Å². The smallest absolute Gasteiger partial charge is 0.293 e. The van der Waals surface area contributed by atoms with Gasteiger partial charge in [0.2, 0.25) is 5.76 Å². The molecule has 6 heteroatoms. The predicted molar refractivity (Wildman–Crippen MR) is 99.1 cm³/mol. The van der Waals surface area contributed by atoms with Gasteiger partial charge in [-0.05, 0) is 64.0 Å². The Morgan fingerprint density at radius 3 is 2.52 bits per heavy atom. The van der Waals surface area contributed by atoms with E-state index in [4.69, 9.17) is 4.42 Å². The molecule has 0 spiro atoms. The molecule has 2 heterocycles. The number of hydrogen-bond donors (Lipinski definition) is 1. The minimum Gasteiger partial charge on any atom is -0.438 e. The monoisotopic (exact) mass is 342 g/mol. The molecule has 2 aromatic rings. The van der Waals surface area contributed by atoms with Gasteiger partial charge < -0.3 is 19.5 Å². The standard InChI is InChI=1S/C19H26N4O2/c1-14-18(25-13-20-14)19(24)21-16-4-6-17(7-5-16)23-10-8-15(9-11-23)12-22(2)3/h4-7,13,15H,8-12H2,1-3H3,(H,21,24). The molecule has 0 bridgehead atoms. The van der Waals surface area contributed by atoms with Gasteiger partial charge in [0.05, 0.1) is 5.69 Å². The number of aromatic nitrogens is 1. The van der Waals surface area contributed by atoms with Gasteiger partial charge in [-0.1, -0.05) is 0 Å². The number of rotatable bonds is 5. The number of benzene rings is 1. The van der Waals surface area contributed by atoms with Gasteiger partial charge in [-0.15, -0.1) is 0 Å². The van der Waals surface area contributed by atoms with Crippen LogP contribution in [0.2, 0.25) is 0 Å². The summed E-state index contributed by atoms with van der Waals surface area (Å²) < 4.78 is 5.12. The van der Waals surface area contributed by atoms with E-state index in [1.165, 1.54) is 31.5 Å². The average Bonchev–Trinajstić information content (AvgIpc) is 3.02. The fourth-order valence-corrected chi connectivity index (χ4v) is 3.35. The number of nitrogens with zero attached hydrogens (tertiary/aromatic N) is 3. The minimum atomic E-state index is -0.271. The van der Waals surface area contributed by atoms with Gasteiger partial charge >= 0.3 is 0 Å². The van der Waals surface area contributed by atoms with Crippen molar-refractivity contribution in [3.63, 3.8) is 0 Å². The van der Waals surface area contributed by atoms with Crippen molar-refractivity contribution in [1.82, 2.24) is 9.88 Å². The molecule has 25 heavy (non-hydrogen) atoms. The SMILES string of the molecule is Cc1ncoc1C(=O)Nc1ccc(N2CCC(CN(C)C)CC2)cc1. The van der Waals surface area contributed by atoms with E-state index < -0.39 is 0 Å². The lowest BCUT2D eigenvalue weighted by atomic mass is 9.96. The number of anilines is 2. The summed E-state index contributed by atoms with van der Waals surface area (Å²) in [6.45, 7) is 5.09. The van der Waals surface area contributed by atoms with Gasteiger partial charge in [-0.3, -0.25) is 4.79 Å². The molecule has 1 fully saturated rings. The van der Waals surface area contributed by atoms with E-state index in [1.807, 2.05) is 12.1 Å². The number of piperidine rings is 1. The molecule has 134 valence electrons. The summed E-state index contributed by atoms with van der Waals surface area (Å²) in [5.74, 6) is 0.772. The fourth-order valence-electron chi connectivity index (χ4n) is 3.35. The van der Waals surface area contributed by atoms with Gasteiger partial charge in [0, 0.05) is 31.0 Å². The first-order chi connectivity index (χ1) is 12.0. The molecule has 0 atom stereocenters. The summed E-state index contributed by atoms with van der Waals surface area (Å²) in [5, 5.41) is 2.85. The van der Waals surface area contributed by atoms with Crippen molar-refractivity contribution in [2.75, 3.05) is 43.9 Å². The summed E-state index contributed by atoms with van der Waals surface area (Å²) >= 11 is 0. The van der Waals surface area contributed by atoms with Gasteiger partial charge in [-0.25, -0.2) is 4.98 Å². The van der Waals surface area contributed by atoms with Crippen molar-refractivity contribution in [1.29, 1.82) is 0 Å². The number of nitrogens with one attached hydrogen (secondary N) is 1. The number of aryl methyl sites for hydroxylation is 1. The Hall–Kier alpha value is -2.34. The van der Waals surface area contributed by atoms with E-state index in [1.54, 1.807) is 6.92 Å². The van der Waals surface area contributed by atoms with Gasteiger partial charge in [0.25, 0.3) is 5.91 Å². The first kappa shape index (κ1) is 17.5. The molecule has 0 saturated carbocycles. The van der Waals surface area contributed by atoms with Gasteiger partial charge in [0.15, 0.2) is 6.39 Å². The first-order valence-electron chi connectivity index (χ1n) is 8.74. The normalized spacial score (nSPS) is 15.6. The second-order valence-corrected chi connectivity index (χ2v) is 6.96. The van der Waals surface area contributed by atoms with Gasteiger partial charge in [0.1, 0.15) is 0 Å². The lowest BCUT2D eigenvalue weighted by molar-refractivity contribution is 0.0996. The third kappa shape index (κ3) is 4.39. The Kier molecular flexibility index (Phi) is 5.38. The zero-order valence-electron chi connectivity index (χ0n) is 15.2. The zero-order valence-corrected chi connectivity index (χ0v) is 15.2. The van der Waals surface area contributed by atoms with Crippen LogP contribution < -0.4 is 10.2 Å². The van der Waals surface area contributed by atoms with Gasteiger partial charge in [-0.2, -0.15) is 0 Å². The highest BCUT2D eigenvalue weighted by atomic mass is 16.3. The second-order valence-electron chi connectivity index (χ2n) is 6.96. The molecule has 1 aliphatic heterocycles. The van der Waals surface area contributed by atoms with Crippen LogP contribution in [0.3, 0.4) is 0 Å². The molecule has 0 aliphatic carbocycles. The Morgan fingerprint density at radius 2 is 1.96 bits per heavy atom. The maximum atomic E-state index is 12.1.